The molecule has 57 heavy (non-hydrogen) atoms. The van der Waals surface area contributed by atoms with Crippen LogP contribution in [0.1, 0.15) is 84.5 Å². The second kappa shape index (κ2) is 16.6. The molecule has 306 valence electrons. The summed E-state index contributed by atoms with van der Waals surface area (Å²) in [6.07, 6.45) is 10.1. The molecule has 2 saturated carbocycles. The van der Waals surface area contributed by atoms with Gasteiger partial charge in [0.25, 0.3) is 0 Å². The average molecular weight is 823 g/mol. The van der Waals surface area contributed by atoms with Gasteiger partial charge in [-0.1, -0.05) is 31.1 Å². The van der Waals surface area contributed by atoms with Gasteiger partial charge in [-0.25, -0.2) is 28.0 Å². The lowest BCUT2D eigenvalue weighted by molar-refractivity contribution is -0.145. The summed E-state index contributed by atoms with van der Waals surface area (Å²) < 4.78 is 38.3. The highest BCUT2D eigenvalue weighted by Gasteiger charge is 2.61. The van der Waals surface area contributed by atoms with Crippen LogP contribution < -0.4 is 20.7 Å². The Morgan fingerprint density at radius 3 is 2.56 bits per heavy atom. The van der Waals surface area contributed by atoms with Crippen molar-refractivity contribution in [3.8, 4) is 17.1 Å². The minimum atomic E-state index is -3.73. The predicted molar refractivity (Wildman–Crippen MR) is 214 cm³/mol. The normalized spacial score (nSPS) is 25.9. The van der Waals surface area contributed by atoms with Crippen LogP contribution in [0, 0.1) is 5.92 Å². The summed E-state index contributed by atoms with van der Waals surface area (Å²) in [7, 11) is -3.73. The number of hydrogen-bond donors (Lipinski definition) is 4. The number of carbonyl (C=O) groups is 4. The smallest absolute Gasteiger partial charge is 0.408 e. The van der Waals surface area contributed by atoms with Gasteiger partial charge in [0.05, 0.1) is 22.7 Å². The van der Waals surface area contributed by atoms with Crippen molar-refractivity contribution in [3.05, 3.63) is 41.8 Å². The number of nitrogens with zero attached hydrogens (tertiary/aromatic N) is 3. The van der Waals surface area contributed by atoms with Crippen molar-refractivity contribution in [2.75, 3.05) is 18.1 Å². The summed E-state index contributed by atoms with van der Waals surface area (Å²) in [4.78, 5) is 65.3. The van der Waals surface area contributed by atoms with Gasteiger partial charge in [-0.2, -0.15) is 0 Å². The highest BCUT2D eigenvalue weighted by atomic mass is 32.2. The molecule has 1 saturated heterocycles. The van der Waals surface area contributed by atoms with Gasteiger partial charge in [0.1, 0.15) is 41.3 Å². The second-order valence-electron chi connectivity index (χ2n) is 15.9. The first-order chi connectivity index (χ1) is 27.2. The van der Waals surface area contributed by atoms with E-state index in [0.29, 0.717) is 34.7 Å². The van der Waals surface area contributed by atoms with E-state index in [1.54, 1.807) is 18.2 Å². The predicted octanol–water partition coefficient (Wildman–Crippen LogP) is 5.45. The number of aliphatic carboxylic acids is 1. The van der Waals surface area contributed by atoms with E-state index in [0.717, 1.165) is 51.2 Å². The molecular weight excluding hydrogens is 773 g/mol. The van der Waals surface area contributed by atoms with Crippen LogP contribution >= 0.6 is 11.3 Å². The van der Waals surface area contributed by atoms with Crippen LogP contribution in [0.15, 0.2) is 46.7 Å². The number of amides is 3. The van der Waals surface area contributed by atoms with Crippen molar-refractivity contribution in [2.24, 2.45) is 5.92 Å². The molecule has 2 aliphatic carbocycles. The molecular formula is C40H50N6O9S2. The number of ether oxygens (including phenoxy) is 2. The number of nitrogens with one attached hydrogen (secondary N) is 3. The molecule has 2 aromatic heterocycles. The quantitative estimate of drug-likeness (QED) is 0.199. The van der Waals surface area contributed by atoms with Gasteiger partial charge in [0.2, 0.25) is 11.8 Å². The number of sulfone groups is 1. The minimum Gasteiger partial charge on any atom is -0.488 e. The van der Waals surface area contributed by atoms with Crippen LogP contribution in [0.2, 0.25) is 0 Å². The third kappa shape index (κ3) is 9.03. The maximum Gasteiger partial charge on any atom is 0.408 e. The lowest BCUT2D eigenvalue weighted by Gasteiger charge is -2.29. The number of thiazole rings is 1. The van der Waals surface area contributed by atoms with E-state index in [9.17, 15) is 32.7 Å². The molecule has 1 unspecified atom stereocenters. The third-order valence-electron chi connectivity index (χ3n) is 11.1. The zero-order valence-electron chi connectivity index (χ0n) is 32.4. The van der Waals surface area contributed by atoms with Gasteiger partial charge in [0, 0.05) is 41.5 Å². The van der Waals surface area contributed by atoms with Crippen molar-refractivity contribution in [1.29, 1.82) is 0 Å². The van der Waals surface area contributed by atoms with Gasteiger partial charge in [-0.3, -0.25) is 9.59 Å². The summed E-state index contributed by atoms with van der Waals surface area (Å²) in [5.41, 5.74) is -0.456. The number of carboxylic acids is 1. The van der Waals surface area contributed by atoms with E-state index in [1.165, 1.54) is 22.3 Å². The summed E-state index contributed by atoms with van der Waals surface area (Å²) in [5.74, 6) is -2.41. The Labute approximate surface area is 335 Å². The van der Waals surface area contributed by atoms with Crippen LogP contribution in [0.25, 0.3) is 22.3 Å². The number of allylic oxidation sites excluding steroid dienone is 1. The lowest BCUT2D eigenvalue weighted by atomic mass is 10.0. The maximum atomic E-state index is 14.6. The molecule has 3 fully saturated rings. The number of para-hydroxylation sites is 1. The number of pyridine rings is 1. The fourth-order valence-electron chi connectivity index (χ4n) is 8.08. The van der Waals surface area contributed by atoms with E-state index in [2.05, 4.69) is 20.9 Å². The molecule has 7 rings (SSSR count). The number of carboxylic acid groups (broad SMARTS) is 1. The molecule has 0 radical (unpaired) electrons. The zero-order chi connectivity index (χ0) is 40.5. The SMILES string of the molecule is CC(C)Nc1nc(-c2cc(O[C@@H]3C[C@H]4C(=O)N[C@]5(C(=O)O)CC5C=CCCCCC[C@H](NC(=O)OC5CCCC5)C(=O)N4C3)c3cccc(S(C)(=O)=O)c3n2)cs1. The lowest BCUT2D eigenvalue weighted by Crippen LogP contribution is -2.56. The molecule has 4 N–H and O–H groups in total. The Bertz CT molecular complexity index is 2170. The number of benzene rings is 1. The Morgan fingerprint density at radius 1 is 1.05 bits per heavy atom. The first-order valence-corrected chi connectivity index (χ1v) is 22.5. The number of rotatable bonds is 9. The van der Waals surface area contributed by atoms with Gasteiger partial charge in [-0.15, -0.1) is 11.3 Å². The van der Waals surface area contributed by atoms with Crippen LogP contribution in [0.3, 0.4) is 0 Å². The monoisotopic (exact) mass is 822 g/mol. The Hall–Kier alpha value is -4.77. The number of hydrogen-bond acceptors (Lipinski definition) is 12. The molecule has 0 bridgehead atoms. The first-order valence-electron chi connectivity index (χ1n) is 19.7. The number of aromatic nitrogens is 2. The minimum absolute atomic E-state index is 0.00140. The molecule has 5 atom stereocenters. The van der Waals surface area contributed by atoms with Gasteiger partial charge < -0.3 is 35.4 Å². The standard InChI is InChI=1S/C40H50N6O9S2/c1-23(2)41-38-43-30(22-56-38)29-19-32(27-15-11-17-33(34(27)42-29)57(3,52)53)54-26-18-31-35(47)45-40(37(49)50)20-24(40)12-7-5-4-6-8-16-28(36(48)46(31)21-26)44-39(51)55-25-13-9-10-14-25/h7,11-12,15,17,19,22-26,28,31H,4-6,8-10,13-14,16,18,20-21H2,1-3H3,(H,41,43)(H,44,51)(H,45,47)(H,49,50)/t24?,26-,28+,31+,40-/m1/s1. The summed E-state index contributed by atoms with van der Waals surface area (Å²) in [6, 6.07) is 4.44. The van der Waals surface area contributed by atoms with Crippen molar-refractivity contribution >= 4 is 61.1 Å². The molecule has 4 aliphatic rings. The summed E-state index contributed by atoms with van der Waals surface area (Å²) >= 11 is 1.38. The van der Waals surface area contributed by atoms with Crippen molar-refractivity contribution in [1.82, 2.24) is 25.5 Å². The van der Waals surface area contributed by atoms with Crippen molar-refractivity contribution < 1.29 is 42.2 Å². The maximum absolute atomic E-state index is 14.6. The van der Waals surface area contributed by atoms with E-state index in [-0.39, 0.29) is 47.7 Å². The molecule has 3 amide bonds. The highest BCUT2D eigenvalue weighted by molar-refractivity contribution is 7.91. The molecule has 2 aliphatic heterocycles. The second-order valence-corrected chi connectivity index (χ2v) is 18.7. The van der Waals surface area contributed by atoms with Gasteiger partial charge in [0.15, 0.2) is 15.0 Å². The highest BCUT2D eigenvalue weighted by Crippen LogP contribution is 2.45. The van der Waals surface area contributed by atoms with Crippen molar-refractivity contribution in [2.45, 2.75) is 125 Å². The van der Waals surface area contributed by atoms with Gasteiger partial charge in [-0.05, 0) is 77.3 Å². The fourth-order valence-corrected chi connectivity index (χ4v) is 9.77. The van der Waals surface area contributed by atoms with Crippen LogP contribution in [0.4, 0.5) is 9.93 Å². The van der Waals surface area contributed by atoms with E-state index in [4.69, 9.17) is 14.5 Å². The summed E-state index contributed by atoms with van der Waals surface area (Å²) in [5, 5.41) is 22.0. The summed E-state index contributed by atoms with van der Waals surface area (Å²) in [6.45, 7) is 3.91. The first kappa shape index (κ1) is 40.4. The van der Waals surface area contributed by atoms with Crippen molar-refractivity contribution in [3.63, 3.8) is 0 Å². The van der Waals surface area contributed by atoms with Crippen LogP contribution in [0.5, 0.6) is 5.75 Å². The van der Waals surface area contributed by atoms with Crippen LogP contribution in [-0.4, -0.2) is 101 Å². The number of anilines is 1. The Morgan fingerprint density at radius 2 is 1.82 bits per heavy atom. The number of alkyl carbamates (subject to hydrolysis) is 1. The molecule has 4 heterocycles. The largest absolute Gasteiger partial charge is 0.488 e. The van der Waals surface area contributed by atoms with Crippen LogP contribution in [-0.2, 0) is 29.0 Å². The zero-order valence-corrected chi connectivity index (χ0v) is 34.0. The van der Waals surface area contributed by atoms with E-state index >= 15 is 0 Å². The molecule has 1 aromatic carbocycles. The Balaban J connectivity index is 1.23. The average Bonchev–Trinajstić information content (AvgIpc) is 3.58. The topological polar surface area (TPSA) is 206 Å². The number of fused-ring (bicyclic) bond motifs is 3. The molecule has 15 nitrogen and oxygen atoms in total. The van der Waals surface area contributed by atoms with E-state index in [1.807, 2.05) is 31.4 Å². The molecule has 17 heteroatoms. The van der Waals surface area contributed by atoms with E-state index < -0.39 is 63.4 Å². The molecule has 3 aromatic rings. The third-order valence-corrected chi connectivity index (χ3v) is 13.0. The number of carbonyl (C=O) groups excluding carboxylic acids is 3. The molecule has 0 spiro atoms. The fraction of sp³-hybridized carbons (Fsp3) is 0.550. The Kier molecular flexibility index (Phi) is 11.8. The van der Waals surface area contributed by atoms with Gasteiger partial charge >= 0.3 is 12.1 Å².